The minimum absolute atomic E-state index is 0.0934. The zero-order valence-corrected chi connectivity index (χ0v) is 14.7. The van der Waals surface area contributed by atoms with Gasteiger partial charge in [-0.05, 0) is 66.9 Å². The molecule has 4 rings (SSSR count). The van der Waals surface area contributed by atoms with Gasteiger partial charge in [0.25, 0.3) is 0 Å². The van der Waals surface area contributed by atoms with Crippen molar-refractivity contribution >= 4 is 17.4 Å². The summed E-state index contributed by atoms with van der Waals surface area (Å²) in [7, 11) is 0. The number of Topliss-reactive ketones (excluding diaryl/α,β-unsaturated/α-hetero) is 1. The molecule has 3 heteroatoms. The molecule has 2 aromatic carbocycles. The summed E-state index contributed by atoms with van der Waals surface area (Å²) in [6.07, 6.45) is 5.21. The molecule has 0 saturated heterocycles. The largest absolute Gasteiger partial charge is 0.384 e. The van der Waals surface area contributed by atoms with Crippen molar-refractivity contribution in [2.45, 2.75) is 37.7 Å². The lowest BCUT2D eigenvalue weighted by atomic mass is 9.72. The van der Waals surface area contributed by atoms with E-state index in [1.165, 1.54) is 5.56 Å². The van der Waals surface area contributed by atoms with Gasteiger partial charge in [0, 0.05) is 16.2 Å². The fourth-order valence-electron chi connectivity index (χ4n) is 4.25. The molecule has 128 valence electrons. The van der Waals surface area contributed by atoms with Gasteiger partial charge in [0.1, 0.15) is 0 Å². The summed E-state index contributed by atoms with van der Waals surface area (Å²) in [6.45, 7) is 0. The number of ketones is 1. The first-order valence-corrected chi connectivity index (χ1v) is 9.30. The van der Waals surface area contributed by atoms with Crippen LogP contribution in [0.5, 0.6) is 0 Å². The maximum atomic E-state index is 12.9. The molecule has 0 heterocycles. The molecular formula is C22H21ClO2. The smallest absolute Gasteiger partial charge is 0.189 e. The van der Waals surface area contributed by atoms with Crippen LogP contribution in [0.4, 0.5) is 0 Å². The van der Waals surface area contributed by atoms with Gasteiger partial charge in [-0.15, -0.1) is 0 Å². The third-order valence-electron chi connectivity index (χ3n) is 5.63. The van der Waals surface area contributed by atoms with Crippen LogP contribution in [0.2, 0.25) is 5.02 Å². The van der Waals surface area contributed by atoms with Crippen molar-refractivity contribution in [2.75, 3.05) is 0 Å². The topological polar surface area (TPSA) is 37.3 Å². The Morgan fingerprint density at radius 3 is 2.24 bits per heavy atom. The van der Waals surface area contributed by atoms with Gasteiger partial charge in [-0.2, -0.15) is 0 Å². The molecule has 0 bridgehead atoms. The van der Waals surface area contributed by atoms with Gasteiger partial charge in [-0.1, -0.05) is 48.0 Å². The highest BCUT2D eigenvalue weighted by atomic mass is 35.5. The van der Waals surface area contributed by atoms with E-state index in [4.69, 9.17) is 11.6 Å². The Balaban J connectivity index is 1.49. The molecule has 1 saturated carbocycles. The Bertz CT molecular complexity index is 814. The number of fused-ring (bicyclic) bond motifs is 1. The van der Waals surface area contributed by atoms with Crippen molar-refractivity contribution in [3.8, 4) is 0 Å². The van der Waals surface area contributed by atoms with Gasteiger partial charge in [0.2, 0.25) is 0 Å². The summed E-state index contributed by atoms with van der Waals surface area (Å²) in [5.41, 5.74) is 3.52. The molecule has 2 aromatic rings. The SMILES string of the molecule is O=C1C(C2CCC(c3ccc(Cl)cc3)CC2)=CC(O)c2ccccc21. The summed E-state index contributed by atoms with van der Waals surface area (Å²) in [5.74, 6) is 0.875. The molecule has 0 radical (unpaired) electrons. The van der Waals surface area contributed by atoms with Crippen LogP contribution in [-0.4, -0.2) is 10.9 Å². The summed E-state index contributed by atoms with van der Waals surface area (Å²) in [4.78, 5) is 12.9. The third kappa shape index (κ3) is 3.17. The van der Waals surface area contributed by atoms with Gasteiger partial charge in [0.05, 0.1) is 6.10 Å². The molecule has 2 aliphatic carbocycles. The Kier molecular flexibility index (Phi) is 4.49. The lowest BCUT2D eigenvalue weighted by molar-refractivity contribution is 0.0994. The van der Waals surface area contributed by atoms with E-state index in [1.807, 2.05) is 36.4 Å². The van der Waals surface area contributed by atoms with E-state index in [0.717, 1.165) is 41.8 Å². The van der Waals surface area contributed by atoms with Crippen molar-refractivity contribution in [3.05, 3.63) is 81.9 Å². The minimum Gasteiger partial charge on any atom is -0.384 e. The number of benzene rings is 2. The number of rotatable bonds is 2. The highest BCUT2D eigenvalue weighted by Crippen LogP contribution is 2.42. The lowest BCUT2D eigenvalue weighted by Crippen LogP contribution is -2.24. The zero-order valence-electron chi connectivity index (χ0n) is 14.0. The van der Waals surface area contributed by atoms with Crippen LogP contribution in [-0.2, 0) is 0 Å². The molecule has 0 amide bonds. The molecule has 1 atom stereocenters. The molecule has 0 spiro atoms. The number of aliphatic hydroxyl groups excluding tert-OH is 1. The van der Waals surface area contributed by atoms with Crippen molar-refractivity contribution in [1.82, 2.24) is 0 Å². The number of carbonyl (C=O) groups is 1. The van der Waals surface area contributed by atoms with E-state index in [-0.39, 0.29) is 11.7 Å². The number of hydrogen-bond acceptors (Lipinski definition) is 2. The first-order chi connectivity index (χ1) is 12.1. The zero-order chi connectivity index (χ0) is 17.4. The maximum Gasteiger partial charge on any atom is 0.189 e. The molecule has 1 unspecified atom stereocenters. The molecule has 0 aromatic heterocycles. The van der Waals surface area contributed by atoms with Gasteiger partial charge >= 0.3 is 0 Å². The number of allylic oxidation sites excluding steroid dienone is 1. The fraction of sp³-hybridized carbons (Fsp3) is 0.318. The van der Waals surface area contributed by atoms with Gasteiger partial charge in [-0.3, -0.25) is 4.79 Å². The second-order valence-electron chi connectivity index (χ2n) is 7.08. The van der Waals surface area contributed by atoms with Crippen LogP contribution in [0.15, 0.2) is 60.2 Å². The van der Waals surface area contributed by atoms with E-state index in [9.17, 15) is 9.90 Å². The highest BCUT2D eigenvalue weighted by Gasteiger charge is 2.32. The van der Waals surface area contributed by atoms with Gasteiger partial charge in [-0.25, -0.2) is 0 Å². The summed E-state index contributed by atoms with van der Waals surface area (Å²) >= 11 is 5.98. The van der Waals surface area contributed by atoms with Crippen LogP contribution in [0.25, 0.3) is 0 Å². The number of halogens is 1. The predicted molar refractivity (Wildman–Crippen MR) is 100.0 cm³/mol. The van der Waals surface area contributed by atoms with E-state index >= 15 is 0 Å². The minimum atomic E-state index is -0.669. The Morgan fingerprint density at radius 2 is 1.52 bits per heavy atom. The summed E-state index contributed by atoms with van der Waals surface area (Å²) in [5, 5.41) is 11.2. The second kappa shape index (κ2) is 6.78. The van der Waals surface area contributed by atoms with Crippen LogP contribution >= 0.6 is 11.6 Å². The van der Waals surface area contributed by atoms with E-state index in [2.05, 4.69) is 12.1 Å². The van der Waals surface area contributed by atoms with Crippen LogP contribution in [0.3, 0.4) is 0 Å². The van der Waals surface area contributed by atoms with Crippen LogP contribution in [0.1, 0.15) is 59.2 Å². The van der Waals surface area contributed by atoms with Crippen molar-refractivity contribution in [3.63, 3.8) is 0 Å². The van der Waals surface area contributed by atoms with Crippen LogP contribution in [0, 0.1) is 5.92 Å². The first kappa shape index (κ1) is 16.6. The van der Waals surface area contributed by atoms with Crippen molar-refractivity contribution < 1.29 is 9.90 Å². The summed E-state index contributed by atoms with van der Waals surface area (Å²) < 4.78 is 0. The molecule has 1 N–H and O–H groups in total. The lowest BCUT2D eigenvalue weighted by Gasteiger charge is -2.32. The second-order valence-corrected chi connectivity index (χ2v) is 7.52. The Morgan fingerprint density at radius 1 is 0.880 bits per heavy atom. The quantitative estimate of drug-likeness (QED) is 0.778. The first-order valence-electron chi connectivity index (χ1n) is 8.92. The van der Waals surface area contributed by atoms with Gasteiger partial charge < -0.3 is 5.11 Å². The number of hydrogen-bond donors (Lipinski definition) is 1. The molecule has 2 nitrogen and oxygen atoms in total. The number of carbonyl (C=O) groups excluding carboxylic acids is 1. The molecule has 1 fully saturated rings. The third-order valence-corrected chi connectivity index (χ3v) is 5.88. The normalized spacial score (nSPS) is 26.1. The molecular weight excluding hydrogens is 332 g/mol. The average molecular weight is 353 g/mol. The van der Waals surface area contributed by atoms with E-state index < -0.39 is 6.10 Å². The molecule has 2 aliphatic rings. The molecule has 0 aliphatic heterocycles. The Hall–Kier alpha value is -1.90. The van der Waals surface area contributed by atoms with E-state index in [0.29, 0.717) is 11.5 Å². The molecule has 25 heavy (non-hydrogen) atoms. The monoisotopic (exact) mass is 352 g/mol. The Labute approximate surface area is 153 Å². The van der Waals surface area contributed by atoms with Crippen molar-refractivity contribution in [1.29, 1.82) is 0 Å². The highest BCUT2D eigenvalue weighted by molar-refractivity contribution is 6.30. The predicted octanol–water partition coefficient (Wildman–Crippen LogP) is 5.47. The average Bonchev–Trinajstić information content (AvgIpc) is 2.66. The fourth-order valence-corrected chi connectivity index (χ4v) is 4.37. The standard InChI is InChI=1S/C22H21ClO2/c23-17-11-9-15(10-12-17)14-5-7-16(8-6-14)20-13-21(24)18-3-1-2-4-19(18)22(20)25/h1-4,9-14,16,21,24H,5-8H2. The number of aliphatic hydroxyl groups is 1. The maximum absolute atomic E-state index is 12.9. The summed E-state index contributed by atoms with van der Waals surface area (Å²) in [6, 6.07) is 15.5. The van der Waals surface area contributed by atoms with E-state index in [1.54, 1.807) is 6.08 Å². The van der Waals surface area contributed by atoms with Crippen molar-refractivity contribution in [2.24, 2.45) is 5.92 Å². The van der Waals surface area contributed by atoms with Crippen LogP contribution < -0.4 is 0 Å². The van der Waals surface area contributed by atoms with Gasteiger partial charge in [0.15, 0.2) is 5.78 Å².